The van der Waals surface area contributed by atoms with E-state index in [1.807, 2.05) is 61.5 Å². The number of carboxylic acids is 1. The van der Waals surface area contributed by atoms with E-state index in [4.69, 9.17) is 0 Å². The number of benzene rings is 4. The highest BCUT2D eigenvalue weighted by Crippen LogP contribution is 2.34. The van der Waals surface area contributed by atoms with Crippen LogP contribution in [0.2, 0.25) is 0 Å². The molecule has 0 spiro atoms. The van der Waals surface area contributed by atoms with Crippen LogP contribution in [0.3, 0.4) is 0 Å². The van der Waals surface area contributed by atoms with E-state index in [9.17, 15) is 9.90 Å². The van der Waals surface area contributed by atoms with Crippen LogP contribution in [-0.2, 0) is 17.9 Å². The van der Waals surface area contributed by atoms with E-state index >= 15 is 0 Å². The Morgan fingerprint density at radius 3 is 1.89 bits per heavy atom. The maximum atomic E-state index is 12.3. The van der Waals surface area contributed by atoms with Gasteiger partial charge in [0.05, 0.1) is 5.57 Å². The maximum absolute atomic E-state index is 12.3. The first kappa shape index (κ1) is 25.3. The molecule has 0 aliphatic rings. The van der Waals surface area contributed by atoms with Crippen molar-refractivity contribution in [1.82, 2.24) is 0 Å². The molecular formula is C32H31NO2S. The second-order valence-electron chi connectivity index (χ2n) is 8.69. The van der Waals surface area contributed by atoms with Crippen LogP contribution in [0.15, 0.2) is 131 Å². The molecule has 0 heterocycles. The lowest BCUT2D eigenvalue weighted by atomic mass is 9.89. The highest BCUT2D eigenvalue weighted by molar-refractivity contribution is 8.02. The fraction of sp³-hybridized carbons (Fsp3) is 0.156. The number of hydrogen-bond donors (Lipinski definition) is 1. The zero-order valence-electron chi connectivity index (χ0n) is 20.5. The molecule has 1 atom stereocenters. The molecule has 4 aromatic carbocycles. The fourth-order valence-electron chi connectivity index (χ4n) is 4.33. The summed E-state index contributed by atoms with van der Waals surface area (Å²) in [7, 11) is 0. The molecule has 0 saturated carbocycles. The van der Waals surface area contributed by atoms with Crippen molar-refractivity contribution in [3.8, 4) is 0 Å². The number of thioether (sulfide) groups is 1. The van der Waals surface area contributed by atoms with Gasteiger partial charge in [-0.2, -0.15) is 0 Å². The molecule has 0 saturated heterocycles. The molecule has 0 aromatic heterocycles. The summed E-state index contributed by atoms with van der Waals surface area (Å²) in [5.74, 6) is -1.07. The molecule has 1 N–H and O–H groups in total. The molecule has 182 valence electrons. The number of carboxylic acid groups (broad SMARTS) is 1. The first-order valence-corrected chi connectivity index (χ1v) is 13.1. The van der Waals surface area contributed by atoms with Gasteiger partial charge >= 0.3 is 5.97 Å². The van der Waals surface area contributed by atoms with Crippen molar-refractivity contribution >= 4 is 23.4 Å². The van der Waals surface area contributed by atoms with Crippen LogP contribution in [-0.4, -0.2) is 11.1 Å². The van der Waals surface area contributed by atoms with Gasteiger partial charge in [0.1, 0.15) is 0 Å². The van der Waals surface area contributed by atoms with Crippen molar-refractivity contribution in [2.45, 2.75) is 37.2 Å². The van der Waals surface area contributed by atoms with Crippen molar-refractivity contribution in [1.29, 1.82) is 0 Å². The Kier molecular flexibility index (Phi) is 9.01. The number of carbonyl (C=O) groups is 1. The Hall–Kier alpha value is -3.76. The SMILES string of the molecule is CC[C@H](C(=CSc1ccccc1)C(=O)O)c1cccc(N(Cc2ccccc2)Cc2ccccc2)c1. The third-order valence-electron chi connectivity index (χ3n) is 6.17. The predicted octanol–water partition coefficient (Wildman–Crippen LogP) is 8.15. The van der Waals surface area contributed by atoms with Crippen LogP contribution >= 0.6 is 11.8 Å². The summed E-state index contributed by atoms with van der Waals surface area (Å²) in [6, 6.07) is 39.1. The molecule has 0 bridgehead atoms. The number of nitrogens with zero attached hydrogens (tertiary/aromatic N) is 1. The summed E-state index contributed by atoms with van der Waals surface area (Å²) < 4.78 is 0. The van der Waals surface area contributed by atoms with Crippen molar-refractivity contribution < 1.29 is 9.90 Å². The van der Waals surface area contributed by atoms with Gasteiger partial charge in [-0.1, -0.05) is 110 Å². The molecule has 0 aliphatic carbocycles. The lowest BCUT2D eigenvalue weighted by molar-refractivity contribution is -0.133. The molecule has 3 nitrogen and oxygen atoms in total. The zero-order chi connectivity index (χ0) is 25.2. The summed E-state index contributed by atoms with van der Waals surface area (Å²) >= 11 is 1.46. The van der Waals surface area contributed by atoms with Gasteiger partial charge in [-0.25, -0.2) is 4.79 Å². The van der Waals surface area contributed by atoms with Crippen LogP contribution in [0, 0.1) is 0 Å². The summed E-state index contributed by atoms with van der Waals surface area (Å²) in [5.41, 5.74) is 4.98. The number of hydrogen-bond acceptors (Lipinski definition) is 3. The van der Waals surface area contributed by atoms with E-state index in [2.05, 4.69) is 65.6 Å². The van der Waals surface area contributed by atoms with E-state index in [0.717, 1.165) is 29.2 Å². The molecule has 0 aliphatic heterocycles. The topological polar surface area (TPSA) is 40.5 Å². The van der Waals surface area contributed by atoms with Gasteiger partial charge < -0.3 is 10.0 Å². The minimum atomic E-state index is -0.874. The third kappa shape index (κ3) is 6.89. The molecular weight excluding hydrogens is 462 g/mol. The number of aliphatic carboxylic acids is 1. The first-order chi connectivity index (χ1) is 17.6. The average molecular weight is 494 g/mol. The standard InChI is InChI=1S/C32H31NO2S/c1-2-30(31(32(34)35)24-36-29-19-10-5-11-20-29)27-17-12-18-28(21-27)33(22-25-13-6-3-7-14-25)23-26-15-8-4-9-16-26/h3-21,24,30H,2,22-23H2,1H3,(H,34,35)/t30-/m0/s1. The molecule has 0 radical (unpaired) electrons. The van der Waals surface area contributed by atoms with Crippen LogP contribution < -0.4 is 4.90 Å². The molecule has 4 heteroatoms. The van der Waals surface area contributed by atoms with E-state index in [-0.39, 0.29) is 5.92 Å². The van der Waals surface area contributed by atoms with Gasteiger partial charge in [-0.15, -0.1) is 0 Å². The molecule has 36 heavy (non-hydrogen) atoms. The quantitative estimate of drug-likeness (QED) is 0.169. The number of rotatable bonds is 11. The van der Waals surface area contributed by atoms with Crippen molar-refractivity contribution in [3.63, 3.8) is 0 Å². The van der Waals surface area contributed by atoms with Crippen molar-refractivity contribution in [2.24, 2.45) is 0 Å². The van der Waals surface area contributed by atoms with Crippen molar-refractivity contribution in [2.75, 3.05) is 4.90 Å². The monoisotopic (exact) mass is 493 g/mol. The highest BCUT2D eigenvalue weighted by Gasteiger charge is 2.22. The molecule has 0 amide bonds. The van der Waals surface area contributed by atoms with Crippen LogP contribution in [0.5, 0.6) is 0 Å². The van der Waals surface area contributed by atoms with Crippen LogP contribution in [0.1, 0.15) is 36.0 Å². The first-order valence-electron chi connectivity index (χ1n) is 12.2. The maximum Gasteiger partial charge on any atom is 0.332 e. The van der Waals surface area contributed by atoms with Crippen LogP contribution in [0.4, 0.5) is 5.69 Å². The second kappa shape index (κ2) is 12.8. The highest BCUT2D eigenvalue weighted by atomic mass is 32.2. The molecule has 0 unspecified atom stereocenters. The van der Waals surface area contributed by atoms with E-state index in [0.29, 0.717) is 12.0 Å². The van der Waals surface area contributed by atoms with Gasteiger partial charge in [-0.3, -0.25) is 0 Å². The summed E-state index contributed by atoms with van der Waals surface area (Å²) in [6.45, 7) is 3.58. The zero-order valence-corrected chi connectivity index (χ0v) is 21.3. The van der Waals surface area contributed by atoms with Gasteiger partial charge in [0.15, 0.2) is 0 Å². The number of anilines is 1. The molecule has 4 aromatic rings. The van der Waals surface area contributed by atoms with Crippen LogP contribution in [0.25, 0.3) is 0 Å². The van der Waals surface area contributed by atoms with E-state index in [1.54, 1.807) is 5.41 Å². The largest absolute Gasteiger partial charge is 0.478 e. The Morgan fingerprint density at radius 2 is 1.36 bits per heavy atom. The minimum absolute atomic E-state index is 0.200. The van der Waals surface area contributed by atoms with Crippen molar-refractivity contribution in [3.05, 3.63) is 143 Å². The summed E-state index contributed by atoms with van der Waals surface area (Å²) in [4.78, 5) is 15.7. The third-order valence-corrected chi connectivity index (χ3v) is 7.08. The van der Waals surface area contributed by atoms with Gasteiger partial charge in [-0.05, 0) is 52.8 Å². The van der Waals surface area contributed by atoms with Gasteiger partial charge in [0.2, 0.25) is 0 Å². The Bertz CT molecular complexity index is 1230. The Morgan fingerprint density at radius 1 is 0.806 bits per heavy atom. The second-order valence-corrected chi connectivity index (χ2v) is 9.64. The fourth-order valence-corrected chi connectivity index (χ4v) is 5.17. The Labute approximate surface area is 218 Å². The molecule has 0 fully saturated rings. The van der Waals surface area contributed by atoms with E-state index < -0.39 is 5.97 Å². The minimum Gasteiger partial charge on any atom is -0.478 e. The van der Waals surface area contributed by atoms with Gasteiger partial charge in [0.25, 0.3) is 0 Å². The normalized spacial score (nSPS) is 12.2. The van der Waals surface area contributed by atoms with Gasteiger partial charge in [0, 0.05) is 29.6 Å². The molecule has 4 rings (SSSR count). The summed E-state index contributed by atoms with van der Waals surface area (Å²) in [5, 5.41) is 11.9. The summed E-state index contributed by atoms with van der Waals surface area (Å²) in [6.07, 6.45) is 0.703. The lowest BCUT2D eigenvalue weighted by Crippen LogP contribution is -2.22. The smallest absolute Gasteiger partial charge is 0.332 e. The Balaban J connectivity index is 1.65. The lowest BCUT2D eigenvalue weighted by Gasteiger charge is -2.27. The van der Waals surface area contributed by atoms with E-state index in [1.165, 1.54) is 22.9 Å². The predicted molar refractivity (Wildman–Crippen MR) is 150 cm³/mol. The average Bonchev–Trinajstić information content (AvgIpc) is 2.92.